The van der Waals surface area contributed by atoms with E-state index in [1.807, 2.05) is 6.07 Å². The molecule has 0 radical (unpaired) electrons. The molecule has 2 saturated carbocycles. The lowest BCUT2D eigenvalue weighted by Crippen LogP contribution is -2.43. The number of aliphatic hydroxyl groups excluding tert-OH is 1. The first-order chi connectivity index (χ1) is 8.65. The molecular formula is C15H16O3. The lowest BCUT2D eigenvalue weighted by atomic mass is 9.65. The average molecular weight is 244 g/mol. The summed E-state index contributed by atoms with van der Waals surface area (Å²) >= 11 is 0. The second kappa shape index (κ2) is 4.02. The van der Waals surface area contributed by atoms with Crippen LogP contribution in [0.25, 0.3) is 0 Å². The van der Waals surface area contributed by atoms with Gasteiger partial charge in [0.05, 0.1) is 17.4 Å². The van der Waals surface area contributed by atoms with Crippen LogP contribution in [0.4, 0.5) is 0 Å². The molecule has 1 spiro atoms. The molecule has 18 heavy (non-hydrogen) atoms. The molecule has 1 aromatic rings. The van der Waals surface area contributed by atoms with Gasteiger partial charge in [-0.25, -0.2) is 0 Å². The lowest BCUT2D eigenvalue weighted by molar-refractivity contribution is -0.136. The fraction of sp³-hybridized carbons (Fsp3) is 0.467. The van der Waals surface area contributed by atoms with Gasteiger partial charge in [-0.15, -0.1) is 0 Å². The third-order valence-corrected chi connectivity index (χ3v) is 4.52. The average Bonchev–Trinajstić information content (AvgIpc) is 2.61. The van der Waals surface area contributed by atoms with Gasteiger partial charge in [-0.1, -0.05) is 36.8 Å². The second-order valence-corrected chi connectivity index (χ2v) is 5.41. The van der Waals surface area contributed by atoms with E-state index in [4.69, 9.17) is 0 Å². The molecule has 0 aromatic heterocycles. The number of rotatable bonds is 2. The molecule has 2 aliphatic rings. The quantitative estimate of drug-likeness (QED) is 0.639. The molecular weight excluding hydrogens is 228 g/mol. The van der Waals surface area contributed by atoms with Crippen LogP contribution in [-0.2, 0) is 4.79 Å². The largest absolute Gasteiger partial charge is 0.392 e. The Morgan fingerprint density at radius 3 is 2.39 bits per heavy atom. The Bertz CT molecular complexity index is 488. The lowest BCUT2D eigenvalue weighted by Gasteiger charge is -2.39. The van der Waals surface area contributed by atoms with E-state index < -0.39 is 17.4 Å². The van der Waals surface area contributed by atoms with Crippen molar-refractivity contribution in [2.24, 2.45) is 11.3 Å². The van der Waals surface area contributed by atoms with E-state index in [1.54, 1.807) is 24.3 Å². The van der Waals surface area contributed by atoms with Gasteiger partial charge in [-0.3, -0.25) is 9.59 Å². The van der Waals surface area contributed by atoms with Gasteiger partial charge < -0.3 is 5.11 Å². The topological polar surface area (TPSA) is 54.4 Å². The van der Waals surface area contributed by atoms with E-state index in [0.717, 1.165) is 19.3 Å². The molecule has 3 heteroatoms. The third-order valence-electron chi connectivity index (χ3n) is 4.52. The van der Waals surface area contributed by atoms with Crippen LogP contribution in [0.1, 0.15) is 36.0 Å². The number of benzene rings is 1. The van der Waals surface area contributed by atoms with Crippen molar-refractivity contribution >= 4 is 11.6 Å². The van der Waals surface area contributed by atoms with Crippen LogP contribution < -0.4 is 0 Å². The predicted octanol–water partition coefficient (Wildman–Crippen LogP) is 1.99. The van der Waals surface area contributed by atoms with Crippen molar-refractivity contribution in [3.05, 3.63) is 35.9 Å². The Morgan fingerprint density at radius 2 is 1.89 bits per heavy atom. The summed E-state index contributed by atoms with van der Waals surface area (Å²) in [6.45, 7) is 0. The summed E-state index contributed by atoms with van der Waals surface area (Å²) in [5.74, 6) is -0.804. The Balaban J connectivity index is 1.87. The van der Waals surface area contributed by atoms with Gasteiger partial charge >= 0.3 is 0 Å². The molecule has 2 atom stereocenters. The van der Waals surface area contributed by atoms with Crippen LogP contribution in [0.3, 0.4) is 0 Å². The maximum absolute atomic E-state index is 12.4. The number of Topliss-reactive ketones (excluding diaryl/α,β-unsaturated/α-hetero) is 2. The van der Waals surface area contributed by atoms with E-state index in [0.29, 0.717) is 12.0 Å². The molecule has 2 aliphatic carbocycles. The number of carbonyl (C=O) groups excluding carboxylic acids is 2. The molecule has 1 aromatic carbocycles. The highest BCUT2D eigenvalue weighted by molar-refractivity contribution is 6.13. The van der Waals surface area contributed by atoms with Crippen LogP contribution in [0, 0.1) is 11.3 Å². The van der Waals surface area contributed by atoms with Crippen molar-refractivity contribution in [3.63, 3.8) is 0 Å². The van der Waals surface area contributed by atoms with Gasteiger partial charge in [0.15, 0.2) is 11.6 Å². The smallest absolute Gasteiger partial charge is 0.173 e. The van der Waals surface area contributed by atoms with Gasteiger partial charge in [0, 0.05) is 5.56 Å². The number of hydrogen-bond donors (Lipinski definition) is 1. The van der Waals surface area contributed by atoms with Gasteiger partial charge in [-0.2, -0.15) is 0 Å². The van der Waals surface area contributed by atoms with Gasteiger partial charge in [0.25, 0.3) is 0 Å². The molecule has 0 saturated heterocycles. The van der Waals surface area contributed by atoms with E-state index in [9.17, 15) is 14.7 Å². The molecule has 3 rings (SSSR count). The monoisotopic (exact) mass is 244 g/mol. The summed E-state index contributed by atoms with van der Waals surface area (Å²) in [5, 5.41) is 10.1. The van der Waals surface area contributed by atoms with Gasteiger partial charge in [0.2, 0.25) is 0 Å². The molecule has 2 fully saturated rings. The molecule has 94 valence electrons. The highest BCUT2D eigenvalue weighted by atomic mass is 16.3. The molecule has 1 N–H and O–H groups in total. The SMILES string of the molecule is O=C(c1ccccc1)C1CC(O)C2(CCC2)C1=O. The van der Waals surface area contributed by atoms with E-state index in [2.05, 4.69) is 0 Å². The summed E-state index contributed by atoms with van der Waals surface area (Å²) in [5.41, 5.74) is -0.0193. The minimum atomic E-state index is -0.636. The minimum Gasteiger partial charge on any atom is -0.392 e. The van der Waals surface area contributed by atoms with Crippen molar-refractivity contribution in [2.45, 2.75) is 31.8 Å². The van der Waals surface area contributed by atoms with Crippen LogP contribution in [0.15, 0.2) is 30.3 Å². The molecule has 2 unspecified atom stereocenters. The number of ketones is 2. The zero-order valence-electron chi connectivity index (χ0n) is 10.1. The first-order valence-corrected chi connectivity index (χ1v) is 6.47. The molecule has 0 amide bonds. The van der Waals surface area contributed by atoms with Crippen molar-refractivity contribution in [3.8, 4) is 0 Å². The first kappa shape index (κ1) is 11.6. The molecule has 3 nitrogen and oxygen atoms in total. The number of hydrogen-bond acceptors (Lipinski definition) is 3. The van der Waals surface area contributed by atoms with Gasteiger partial charge in [-0.05, 0) is 19.3 Å². The molecule has 0 heterocycles. The number of aliphatic hydroxyl groups is 1. The normalized spacial score (nSPS) is 29.3. The van der Waals surface area contributed by atoms with Crippen LogP contribution in [0.5, 0.6) is 0 Å². The molecule has 0 aliphatic heterocycles. The highest BCUT2D eigenvalue weighted by Gasteiger charge is 2.58. The van der Waals surface area contributed by atoms with Crippen LogP contribution in [-0.4, -0.2) is 22.8 Å². The summed E-state index contributed by atoms with van der Waals surface area (Å²) < 4.78 is 0. The van der Waals surface area contributed by atoms with E-state index in [-0.39, 0.29) is 11.6 Å². The van der Waals surface area contributed by atoms with Gasteiger partial charge in [0.1, 0.15) is 0 Å². The van der Waals surface area contributed by atoms with Crippen molar-refractivity contribution in [1.29, 1.82) is 0 Å². The molecule has 0 bridgehead atoms. The summed E-state index contributed by atoms with van der Waals surface area (Å²) in [6, 6.07) is 8.89. The Morgan fingerprint density at radius 1 is 1.22 bits per heavy atom. The summed E-state index contributed by atoms with van der Waals surface area (Å²) in [6.07, 6.45) is 2.13. The maximum Gasteiger partial charge on any atom is 0.173 e. The Kier molecular flexibility index (Phi) is 2.59. The third kappa shape index (κ3) is 1.47. The number of carbonyl (C=O) groups is 2. The van der Waals surface area contributed by atoms with Crippen molar-refractivity contribution < 1.29 is 14.7 Å². The van der Waals surface area contributed by atoms with Crippen molar-refractivity contribution in [2.75, 3.05) is 0 Å². The van der Waals surface area contributed by atoms with E-state index >= 15 is 0 Å². The van der Waals surface area contributed by atoms with Crippen molar-refractivity contribution in [1.82, 2.24) is 0 Å². The predicted molar refractivity (Wildman–Crippen MR) is 66.2 cm³/mol. The maximum atomic E-state index is 12.4. The zero-order chi connectivity index (χ0) is 12.8. The zero-order valence-corrected chi connectivity index (χ0v) is 10.1. The minimum absolute atomic E-state index is 0.0323. The summed E-state index contributed by atoms with van der Waals surface area (Å²) in [4.78, 5) is 24.7. The fourth-order valence-corrected chi connectivity index (χ4v) is 3.23. The second-order valence-electron chi connectivity index (χ2n) is 5.41. The van der Waals surface area contributed by atoms with E-state index in [1.165, 1.54) is 0 Å². The fourth-order valence-electron chi connectivity index (χ4n) is 3.23. The highest BCUT2D eigenvalue weighted by Crippen LogP contribution is 2.53. The Labute approximate surface area is 106 Å². The van der Waals surface area contributed by atoms with Crippen LogP contribution in [0.2, 0.25) is 0 Å². The first-order valence-electron chi connectivity index (χ1n) is 6.47. The Hall–Kier alpha value is -1.48. The standard InChI is InChI=1S/C15H16O3/c16-12-9-11(14(18)15(12)7-4-8-15)13(17)10-5-2-1-3-6-10/h1-3,5-6,11-12,16H,4,7-9H2. The summed E-state index contributed by atoms with van der Waals surface area (Å²) in [7, 11) is 0. The van der Waals surface area contributed by atoms with Crippen LogP contribution >= 0.6 is 0 Å².